The molecule has 0 unspecified atom stereocenters. The summed E-state index contributed by atoms with van der Waals surface area (Å²) in [6.07, 6.45) is -3.35. The van der Waals surface area contributed by atoms with Gasteiger partial charge in [-0.05, 0) is 22.6 Å². The van der Waals surface area contributed by atoms with Gasteiger partial charge in [0.15, 0.2) is 0 Å². The number of alkyl halides is 3. The Balaban J connectivity index is 0.00000196. The van der Waals surface area contributed by atoms with E-state index >= 15 is 0 Å². The fourth-order valence-corrected chi connectivity index (χ4v) is 1.70. The zero-order valence-electron chi connectivity index (χ0n) is 7.24. The summed E-state index contributed by atoms with van der Waals surface area (Å²) in [6.45, 7) is 3.33. The predicted molar refractivity (Wildman–Crippen MR) is 56.7 cm³/mol. The maximum absolute atomic E-state index is 12.5. The number of hydrogen-bond donors (Lipinski definition) is 1. The highest BCUT2D eigenvalue weighted by Gasteiger charge is 2.40. The molecule has 7 heteroatoms. The van der Waals surface area contributed by atoms with E-state index in [1.165, 1.54) is 34.9 Å². The van der Waals surface area contributed by atoms with E-state index in [-0.39, 0.29) is 14.8 Å². The second-order valence-electron chi connectivity index (χ2n) is 2.47. The van der Waals surface area contributed by atoms with Gasteiger partial charge in [0.2, 0.25) is 0 Å². The lowest BCUT2D eigenvalue weighted by molar-refractivity contribution is -0.0890. The Labute approximate surface area is 97.4 Å². The van der Waals surface area contributed by atoms with Crippen LogP contribution >= 0.6 is 22.6 Å². The van der Waals surface area contributed by atoms with Crippen molar-refractivity contribution in [2.45, 2.75) is 6.18 Å². The summed E-state index contributed by atoms with van der Waals surface area (Å²) >= 11 is 1.52. The minimum Gasteiger partial charge on any atom is -0.412 e. The number of rotatable bonds is 0. The van der Waals surface area contributed by atoms with Crippen LogP contribution in [0.1, 0.15) is 0 Å². The van der Waals surface area contributed by atoms with E-state index in [2.05, 4.69) is 11.9 Å². The fourth-order valence-electron chi connectivity index (χ4n) is 0.966. The zero-order chi connectivity index (χ0) is 10.9. The van der Waals surface area contributed by atoms with Gasteiger partial charge in [0.1, 0.15) is 6.07 Å². The van der Waals surface area contributed by atoms with Crippen LogP contribution in [0.25, 0.3) is 0 Å². The molecule has 3 N–H and O–H groups in total. The molecule has 0 spiro atoms. The quantitative estimate of drug-likeness (QED) is 0.690. The minimum absolute atomic E-state index is 0. The Kier molecular flexibility index (Phi) is 4.36. The molecule has 1 aliphatic rings. The Morgan fingerprint density at radius 3 is 2.33 bits per heavy atom. The first-order valence-corrected chi connectivity index (χ1v) is 4.49. The standard InChI is InChI=1S/C8H4F3IN2.H2O/c1-4-5(2-13)7(8(9,10)11)6(12)3-14-4;/h3,14H,1H2;1H2. The monoisotopic (exact) mass is 330 g/mol. The molecule has 1 rings (SSSR count). The molecule has 1 heterocycles. The molecule has 0 atom stereocenters. The van der Waals surface area contributed by atoms with Crippen molar-refractivity contribution in [2.24, 2.45) is 0 Å². The second kappa shape index (κ2) is 4.67. The first-order chi connectivity index (χ1) is 6.38. The van der Waals surface area contributed by atoms with Crippen LogP contribution in [0, 0.1) is 11.3 Å². The van der Waals surface area contributed by atoms with Gasteiger partial charge in [0.05, 0.1) is 11.1 Å². The van der Waals surface area contributed by atoms with Gasteiger partial charge >= 0.3 is 6.18 Å². The lowest BCUT2D eigenvalue weighted by atomic mass is 10.0. The molecule has 0 aromatic rings. The molecule has 3 nitrogen and oxygen atoms in total. The van der Waals surface area contributed by atoms with Gasteiger partial charge in [-0.3, -0.25) is 0 Å². The number of nitrogens with one attached hydrogen (secondary N) is 1. The molecule has 0 radical (unpaired) electrons. The van der Waals surface area contributed by atoms with Crippen LogP contribution < -0.4 is 5.32 Å². The topological polar surface area (TPSA) is 67.3 Å². The fraction of sp³-hybridized carbons (Fsp3) is 0.125. The third-order valence-electron chi connectivity index (χ3n) is 1.56. The molecule has 0 saturated carbocycles. The normalized spacial score (nSPS) is 16.2. The summed E-state index contributed by atoms with van der Waals surface area (Å²) in [5, 5.41) is 11.1. The van der Waals surface area contributed by atoms with Gasteiger partial charge < -0.3 is 10.8 Å². The lowest BCUT2D eigenvalue weighted by Crippen LogP contribution is -2.22. The van der Waals surface area contributed by atoms with Crippen molar-refractivity contribution in [1.82, 2.24) is 5.32 Å². The molecule has 0 aromatic carbocycles. The number of dihydropyridines is 1. The van der Waals surface area contributed by atoms with Gasteiger partial charge in [-0.25, -0.2) is 0 Å². The summed E-state index contributed by atoms with van der Waals surface area (Å²) in [6, 6.07) is 1.49. The van der Waals surface area contributed by atoms with Crippen molar-refractivity contribution in [3.8, 4) is 6.07 Å². The van der Waals surface area contributed by atoms with Crippen LogP contribution in [0.3, 0.4) is 0 Å². The van der Waals surface area contributed by atoms with Gasteiger partial charge in [-0.15, -0.1) is 0 Å². The average molecular weight is 330 g/mol. The number of nitriles is 1. The minimum atomic E-state index is -4.52. The molecular weight excluding hydrogens is 324 g/mol. The third-order valence-corrected chi connectivity index (χ3v) is 2.41. The van der Waals surface area contributed by atoms with Crippen LogP contribution in [0.4, 0.5) is 13.2 Å². The first kappa shape index (κ1) is 14.0. The van der Waals surface area contributed by atoms with Gasteiger partial charge in [-0.1, -0.05) is 6.58 Å². The third kappa shape index (κ3) is 2.73. The lowest BCUT2D eigenvalue weighted by Gasteiger charge is -2.19. The van der Waals surface area contributed by atoms with Crippen LogP contribution in [-0.2, 0) is 0 Å². The Bertz CT molecular complexity index is 390. The van der Waals surface area contributed by atoms with Crippen LogP contribution in [-0.4, -0.2) is 11.7 Å². The van der Waals surface area contributed by atoms with Crippen molar-refractivity contribution in [1.29, 1.82) is 5.26 Å². The van der Waals surface area contributed by atoms with E-state index < -0.39 is 17.3 Å². The summed E-state index contributed by atoms with van der Waals surface area (Å²) in [5.74, 6) is 0. The van der Waals surface area contributed by atoms with Crippen molar-refractivity contribution in [3.05, 3.63) is 33.2 Å². The maximum atomic E-state index is 12.5. The highest BCUT2D eigenvalue weighted by molar-refractivity contribution is 14.1. The van der Waals surface area contributed by atoms with Gasteiger partial charge in [0.25, 0.3) is 0 Å². The van der Waals surface area contributed by atoms with Crippen LogP contribution in [0.2, 0.25) is 0 Å². The average Bonchev–Trinajstić information content (AvgIpc) is 2.06. The van der Waals surface area contributed by atoms with E-state index in [4.69, 9.17) is 5.26 Å². The molecule has 0 bridgehead atoms. The van der Waals surface area contributed by atoms with E-state index in [9.17, 15) is 13.2 Å². The number of nitrogens with zero attached hydrogens (tertiary/aromatic N) is 1. The molecule has 1 aliphatic heterocycles. The van der Waals surface area contributed by atoms with Crippen LogP contribution in [0.15, 0.2) is 33.2 Å². The Morgan fingerprint density at radius 2 is 2.00 bits per heavy atom. The molecule has 0 aromatic heterocycles. The Hall–Kier alpha value is -1.01. The molecule has 0 fully saturated rings. The van der Waals surface area contributed by atoms with Gasteiger partial charge in [-0.2, -0.15) is 18.4 Å². The first-order valence-electron chi connectivity index (χ1n) is 3.41. The summed E-state index contributed by atoms with van der Waals surface area (Å²) < 4.78 is 37.4. The highest BCUT2D eigenvalue weighted by Crippen LogP contribution is 2.39. The van der Waals surface area contributed by atoms with E-state index in [1.54, 1.807) is 0 Å². The van der Waals surface area contributed by atoms with Crippen LogP contribution in [0.5, 0.6) is 0 Å². The summed E-state index contributed by atoms with van der Waals surface area (Å²) in [7, 11) is 0. The van der Waals surface area contributed by atoms with Crippen molar-refractivity contribution >= 4 is 22.6 Å². The SMILES string of the molecule is C=C1NC=C(I)C(C(F)(F)F)=C1C#N.O. The van der Waals surface area contributed by atoms with Crippen molar-refractivity contribution in [3.63, 3.8) is 0 Å². The largest absolute Gasteiger partial charge is 0.418 e. The second-order valence-corrected chi connectivity index (χ2v) is 3.64. The van der Waals surface area contributed by atoms with Gasteiger partial charge in [0, 0.05) is 15.5 Å². The number of hydrogen-bond acceptors (Lipinski definition) is 2. The molecule has 82 valence electrons. The van der Waals surface area contributed by atoms with E-state index in [0.29, 0.717) is 0 Å². The van der Waals surface area contributed by atoms with E-state index in [0.717, 1.165) is 0 Å². The molecule has 0 saturated heterocycles. The summed E-state index contributed by atoms with van der Waals surface area (Å²) in [5.41, 5.74) is -1.41. The van der Waals surface area contributed by atoms with Crippen molar-refractivity contribution < 1.29 is 18.6 Å². The Morgan fingerprint density at radius 1 is 1.47 bits per heavy atom. The van der Waals surface area contributed by atoms with Crippen molar-refractivity contribution in [2.75, 3.05) is 0 Å². The highest BCUT2D eigenvalue weighted by atomic mass is 127. The summed E-state index contributed by atoms with van der Waals surface area (Å²) in [4.78, 5) is 0. The van der Waals surface area contributed by atoms with E-state index in [1.807, 2.05) is 0 Å². The predicted octanol–water partition coefficient (Wildman–Crippen LogP) is 1.94. The smallest absolute Gasteiger partial charge is 0.412 e. The molecule has 0 amide bonds. The molecular formula is C8H6F3IN2O. The number of halogens is 4. The molecule has 15 heavy (non-hydrogen) atoms. The maximum Gasteiger partial charge on any atom is 0.418 e. The number of allylic oxidation sites excluding steroid dienone is 3. The molecule has 0 aliphatic carbocycles. The zero-order valence-corrected chi connectivity index (χ0v) is 9.40.